The van der Waals surface area contributed by atoms with Crippen LogP contribution in [0.3, 0.4) is 0 Å². The maximum Gasteiger partial charge on any atom is 0.573 e. The second kappa shape index (κ2) is 8.70. The minimum atomic E-state index is -5.09. The molecule has 32 heavy (non-hydrogen) atoms. The van der Waals surface area contributed by atoms with Crippen molar-refractivity contribution >= 4 is 11.5 Å². The van der Waals surface area contributed by atoms with Gasteiger partial charge in [0.15, 0.2) is 0 Å². The summed E-state index contributed by atoms with van der Waals surface area (Å²) in [4.78, 5) is 3.99. The van der Waals surface area contributed by atoms with E-state index >= 15 is 0 Å². The predicted molar refractivity (Wildman–Crippen MR) is 98.4 cm³/mol. The van der Waals surface area contributed by atoms with E-state index in [1.807, 2.05) is 0 Å². The number of benzene rings is 1. The van der Waals surface area contributed by atoms with Gasteiger partial charge in [0.1, 0.15) is 23.5 Å². The highest BCUT2D eigenvalue weighted by Crippen LogP contribution is 2.38. The number of aliphatic hydroxyl groups excluding tert-OH is 1. The van der Waals surface area contributed by atoms with E-state index in [4.69, 9.17) is 4.74 Å². The number of alkyl halides is 5. The minimum Gasteiger partial charge on any atom is -0.435 e. The molecule has 1 aromatic carbocycles. The van der Waals surface area contributed by atoms with Gasteiger partial charge >= 0.3 is 13.0 Å². The van der Waals surface area contributed by atoms with Gasteiger partial charge in [-0.15, -0.1) is 23.4 Å². The zero-order valence-electron chi connectivity index (χ0n) is 16.1. The summed E-state index contributed by atoms with van der Waals surface area (Å²) < 4.78 is 78.6. The number of aromatic nitrogens is 4. The third-order valence-electron chi connectivity index (χ3n) is 4.65. The fourth-order valence-corrected chi connectivity index (χ4v) is 3.27. The standard InChI is InChI=1S/C18H16F5N5O4/c19-16(20)31-9-1-2-10(14(5-9)32-18(21,22)23)15-12-6-24-8-28(12)17(27-26-15)25-11-3-4-30-7-13(11)29/h1-2,5-6,8,11,13,16,29H,3-4,7H2,(H,25,27)/t11-,13-/m1/s1. The van der Waals surface area contributed by atoms with Gasteiger partial charge in [-0.05, 0) is 18.6 Å². The van der Waals surface area contributed by atoms with Gasteiger partial charge in [-0.3, -0.25) is 4.40 Å². The van der Waals surface area contributed by atoms with Crippen molar-refractivity contribution in [3.8, 4) is 22.8 Å². The van der Waals surface area contributed by atoms with Gasteiger partial charge in [-0.1, -0.05) is 0 Å². The Morgan fingerprint density at radius 1 is 1.25 bits per heavy atom. The lowest BCUT2D eigenvalue weighted by molar-refractivity contribution is -0.274. The smallest absolute Gasteiger partial charge is 0.435 e. The topological polar surface area (TPSA) is 103 Å². The van der Waals surface area contributed by atoms with Gasteiger partial charge in [0.2, 0.25) is 5.95 Å². The molecule has 0 amide bonds. The van der Waals surface area contributed by atoms with Crippen molar-refractivity contribution in [3.63, 3.8) is 0 Å². The van der Waals surface area contributed by atoms with Crippen LogP contribution in [0.5, 0.6) is 11.5 Å². The van der Waals surface area contributed by atoms with E-state index in [1.165, 1.54) is 16.9 Å². The van der Waals surface area contributed by atoms with Crippen LogP contribution in [0.1, 0.15) is 6.42 Å². The molecular formula is C18H16F5N5O4. The highest BCUT2D eigenvalue weighted by Gasteiger charge is 2.33. The van der Waals surface area contributed by atoms with Crippen LogP contribution in [-0.4, -0.2) is 63.0 Å². The molecule has 2 N–H and O–H groups in total. The summed E-state index contributed by atoms with van der Waals surface area (Å²) in [5, 5.41) is 21.1. The summed E-state index contributed by atoms with van der Waals surface area (Å²) in [6.07, 6.45) is -2.69. The van der Waals surface area contributed by atoms with Crippen LogP contribution in [0, 0.1) is 0 Å². The molecule has 0 aliphatic carbocycles. The van der Waals surface area contributed by atoms with E-state index in [9.17, 15) is 27.1 Å². The molecule has 0 bridgehead atoms. The fourth-order valence-electron chi connectivity index (χ4n) is 3.27. The Bertz CT molecular complexity index is 1090. The molecule has 3 heterocycles. The average molecular weight is 461 g/mol. The molecule has 2 atom stereocenters. The molecule has 0 spiro atoms. The first kappa shape index (κ1) is 22.0. The third kappa shape index (κ3) is 4.80. The van der Waals surface area contributed by atoms with Crippen molar-refractivity contribution in [1.82, 2.24) is 19.6 Å². The molecule has 4 rings (SSSR count). The fraction of sp³-hybridized carbons (Fsp3) is 0.389. The number of anilines is 1. The van der Waals surface area contributed by atoms with Gasteiger partial charge in [0.05, 0.1) is 30.5 Å². The largest absolute Gasteiger partial charge is 0.573 e. The molecule has 0 unspecified atom stereocenters. The average Bonchev–Trinajstić information content (AvgIpc) is 3.19. The maximum absolute atomic E-state index is 12.9. The van der Waals surface area contributed by atoms with Crippen LogP contribution in [0.25, 0.3) is 16.8 Å². The Kier molecular flexibility index (Phi) is 5.97. The number of nitrogens with one attached hydrogen (secondary N) is 1. The van der Waals surface area contributed by atoms with Gasteiger partial charge in [0, 0.05) is 18.2 Å². The summed E-state index contributed by atoms with van der Waals surface area (Å²) in [6.45, 7) is -2.66. The van der Waals surface area contributed by atoms with Crippen LogP contribution in [0.2, 0.25) is 0 Å². The second-order valence-electron chi connectivity index (χ2n) is 6.79. The van der Waals surface area contributed by atoms with E-state index in [-0.39, 0.29) is 35.4 Å². The lowest BCUT2D eigenvalue weighted by Crippen LogP contribution is -2.42. The molecule has 3 aromatic rings. The molecular weight excluding hydrogens is 445 g/mol. The number of ether oxygens (including phenoxy) is 3. The summed E-state index contributed by atoms with van der Waals surface area (Å²) in [7, 11) is 0. The Hall–Kier alpha value is -3.26. The first-order valence-electron chi connectivity index (χ1n) is 9.27. The lowest BCUT2D eigenvalue weighted by Gasteiger charge is -2.28. The number of fused-ring (bicyclic) bond motifs is 1. The van der Waals surface area contributed by atoms with Crippen molar-refractivity contribution in [1.29, 1.82) is 0 Å². The molecule has 1 saturated heterocycles. The number of hydrogen-bond donors (Lipinski definition) is 2. The van der Waals surface area contributed by atoms with E-state index < -0.39 is 30.6 Å². The zero-order valence-corrected chi connectivity index (χ0v) is 16.1. The molecule has 1 fully saturated rings. The summed E-state index contributed by atoms with van der Waals surface area (Å²) in [6, 6.07) is 2.47. The quantitative estimate of drug-likeness (QED) is 0.541. The second-order valence-corrected chi connectivity index (χ2v) is 6.79. The molecule has 2 aromatic heterocycles. The van der Waals surface area contributed by atoms with Crippen molar-refractivity contribution in [2.75, 3.05) is 18.5 Å². The van der Waals surface area contributed by atoms with Crippen LogP contribution in [-0.2, 0) is 4.74 Å². The summed E-state index contributed by atoms with van der Waals surface area (Å²) in [5.41, 5.74) is 0.0571. The minimum absolute atomic E-state index is 0.0385. The van der Waals surface area contributed by atoms with Crippen LogP contribution < -0.4 is 14.8 Å². The Labute approximate surface area is 176 Å². The summed E-state index contributed by atoms with van der Waals surface area (Å²) >= 11 is 0. The van der Waals surface area contributed by atoms with E-state index in [0.717, 1.165) is 12.1 Å². The molecule has 14 heteroatoms. The SMILES string of the molecule is O[C@@H]1COCC[C@H]1Nc1nnc(-c2ccc(OC(F)F)cc2OC(F)(F)F)c2cncn12. The Balaban J connectivity index is 1.74. The predicted octanol–water partition coefficient (Wildman–Crippen LogP) is 2.85. The normalized spacial score (nSPS) is 19.3. The molecule has 0 radical (unpaired) electrons. The summed E-state index contributed by atoms with van der Waals surface area (Å²) in [5.74, 6) is -1.12. The molecule has 0 saturated carbocycles. The van der Waals surface area contributed by atoms with Crippen molar-refractivity contribution in [2.24, 2.45) is 0 Å². The monoisotopic (exact) mass is 461 g/mol. The van der Waals surface area contributed by atoms with Gasteiger partial charge in [0.25, 0.3) is 0 Å². The highest BCUT2D eigenvalue weighted by molar-refractivity contribution is 5.81. The molecule has 9 nitrogen and oxygen atoms in total. The first-order valence-corrected chi connectivity index (χ1v) is 9.27. The van der Waals surface area contributed by atoms with Crippen LogP contribution in [0.15, 0.2) is 30.7 Å². The highest BCUT2D eigenvalue weighted by atomic mass is 19.4. The van der Waals surface area contributed by atoms with Gasteiger partial charge in [-0.2, -0.15) is 8.78 Å². The van der Waals surface area contributed by atoms with E-state index in [1.54, 1.807) is 0 Å². The van der Waals surface area contributed by atoms with E-state index in [2.05, 4.69) is 30.0 Å². The maximum atomic E-state index is 12.9. The Morgan fingerprint density at radius 3 is 2.78 bits per heavy atom. The number of halogens is 5. The lowest BCUT2D eigenvalue weighted by atomic mass is 10.1. The number of imidazole rings is 1. The molecule has 172 valence electrons. The van der Waals surface area contributed by atoms with Crippen LogP contribution >= 0.6 is 0 Å². The first-order chi connectivity index (χ1) is 15.2. The van der Waals surface area contributed by atoms with Crippen LogP contribution in [0.4, 0.5) is 27.9 Å². The number of hydrogen-bond acceptors (Lipinski definition) is 8. The third-order valence-corrected chi connectivity index (χ3v) is 4.65. The van der Waals surface area contributed by atoms with Gasteiger partial charge in [-0.25, -0.2) is 4.98 Å². The number of aliphatic hydroxyl groups is 1. The van der Waals surface area contributed by atoms with E-state index in [0.29, 0.717) is 19.1 Å². The zero-order chi connectivity index (χ0) is 22.9. The number of rotatable bonds is 6. The van der Waals surface area contributed by atoms with Gasteiger partial charge < -0.3 is 24.6 Å². The molecule has 1 aliphatic rings. The Morgan fingerprint density at radius 2 is 2.06 bits per heavy atom. The van der Waals surface area contributed by atoms with Crippen molar-refractivity contribution in [2.45, 2.75) is 31.5 Å². The number of nitrogens with zero attached hydrogens (tertiary/aromatic N) is 4. The van der Waals surface area contributed by atoms with Crippen molar-refractivity contribution < 1.29 is 41.3 Å². The molecule has 1 aliphatic heterocycles. The van der Waals surface area contributed by atoms with Crippen molar-refractivity contribution in [3.05, 3.63) is 30.7 Å².